The van der Waals surface area contributed by atoms with E-state index in [0.717, 1.165) is 16.9 Å². The van der Waals surface area contributed by atoms with Gasteiger partial charge in [0.15, 0.2) is 0 Å². The summed E-state index contributed by atoms with van der Waals surface area (Å²) in [5.41, 5.74) is 2.56. The third kappa shape index (κ3) is 5.32. The number of nitro benzene ring substituents is 1. The number of carbonyl (C=O) groups is 1. The Morgan fingerprint density at radius 1 is 1.03 bits per heavy atom. The average Bonchev–Trinajstić information content (AvgIpc) is 2.77. The van der Waals surface area contributed by atoms with E-state index in [-0.39, 0.29) is 11.6 Å². The molecule has 3 rings (SSSR count). The summed E-state index contributed by atoms with van der Waals surface area (Å²) in [6.45, 7) is 2.74. The second-order valence-corrected chi connectivity index (χ2v) is 6.50. The fourth-order valence-electron chi connectivity index (χ4n) is 3.01. The second-order valence-electron chi connectivity index (χ2n) is 6.50. The van der Waals surface area contributed by atoms with E-state index in [9.17, 15) is 14.9 Å². The molecular formula is C24H22N2O4. The van der Waals surface area contributed by atoms with Crippen molar-refractivity contribution in [2.45, 2.75) is 13.5 Å². The molecule has 30 heavy (non-hydrogen) atoms. The summed E-state index contributed by atoms with van der Waals surface area (Å²) in [7, 11) is 0. The van der Waals surface area contributed by atoms with Crippen LogP contribution in [0.1, 0.15) is 23.6 Å². The molecule has 1 N–H and O–H groups in total. The number of ether oxygens (including phenoxy) is 1. The Morgan fingerprint density at radius 2 is 1.77 bits per heavy atom. The van der Waals surface area contributed by atoms with E-state index in [4.69, 9.17) is 4.74 Å². The second kappa shape index (κ2) is 10.0. The van der Waals surface area contributed by atoms with Gasteiger partial charge in [-0.3, -0.25) is 14.9 Å². The fourth-order valence-corrected chi connectivity index (χ4v) is 3.01. The zero-order valence-corrected chi connectivity index (χ0v) is 16.6. The first-order chi connectivity index (χ1) is 14.6. The van der Waals surface area contributed by atoms with Crippen molar-refractivity contribution in [3.05, 3.63) is 106 Å². The number of benzene rings is 3. The van der Waals surface area contributed by atoms with Gasteiger partial charge in [-0.15, -0.1) is 0 Å². The zero-order chi connectivity index (χ0) is 21.3. The molecule has 0 aliphatic carbocycles. The van der Waals surface area contributed by atoms with Crippen LogP contribution in [-0.4, -0.2) is 17.4 Å². The van der Waals surface area contributed by atoms with E-state index in [1.165, 1.54) is 12.1 Å². The molecule has 0 aromatic heterocycles. The van der Waals surface area contributed by atoms with Gasteiger partial charge in [-0.1, -0.05) is 60.7 Å². The number of rotatable bonds is 8. The van der Waals surface area contributed by atoms with Crippen LogP contribution in [-0.2, 0) is 11.3 Å². The van der Waals surface area contributed by atoms with Crippen LogP contribution in [0.5, 0.6) is 5.75 Å². The predicted octanol–water partition coefficient (Wildman–Crippen LogP) is 4.85. The third-order valence-electron chi connectivity index (χ3n) is 4.43. The molecule has 0 radical (unpaired) electrons. The summed E-state index contributed by atoms with van der Waals surface area (Å²) >= 11 is 0. The molecule has 0 aliphatic rings. The minimum Gasteiger partial charge on any atom is -0.494 e. The molecule has 0 saturated heterocycles. The molecule has 0 fully saturated rings. The minimum atomic E-state index is -0.454. The Morgan fingerprint density at radius 3 is 2.50 bits per heavy atom. The monoisotopic (exact) mass is 402 g/mol. The molecule has 0 atom stereocenters. The lowest BCUT2D eigenvalue weighted by Gasteiger charge is -2.13. The molecule has 6 heteroatoms. The van der Waals surface area contributed by atoms with E-state index in [1.54, 1.807) is 18.2 Å². The summed E-state index contributed by atoms with van der Waals surface area (Å²) in [5, 5.41) is 14.0. The SMILES string of the molecule is CCOc1ccccc1CNC(=O)/C(=C/c1cccc([N+](=O)[O-])c1)c1ccccc1. The highest BCUT2D eigenvalue weighted by atomic mass is 16.6. The maximum atomic E-state index is 13.1. The fraction of sp³-hybridized carbons (Fsp3) is 0.125. The molecule has 3 aromatic rings. The van der Waals surface area contributed by atoms with Crippen LogP contribution < -0.4 is 10.1 Å². The number of hydrogen-bond acceptors (Lipinski definition) is 4. The van der Waals surface area contributed by atoms with Crippen LogP contribution >= 0.6 is 0 Å². The largest absolute Gasteiger partial charge is 0.494 e. The number of nitrogens with zero attached hydrogens (tertiary/aromatic N) is 1. The van der Waals surface area contributed by atoms with Crippen LogP contribution in [0.15, 0.2) is 78.9 Å². The van der Waals surface area contributed by atoms with E-state index in [1.807, 2.05) is 61.5 Å². The van der Waals surface area contributed by atoms with Crippen molar-refractivity contribution < 1.29 is 14.5 Å². The standard InChI is InChI=1S/C24H22N2O4/c1-2-30-23-14-7-6-12-20(23)17-25-24(27)22(19-10-4-3-5-11-19)16-18-9-8-13-21(15-18)26(28)29/h3-16H,2,17H2,1H3,(H,25,27)/b22-16+. The maximum Gasteiger partial charge on any atom is 0.270 e. The van der Waals surface area contributed by atoms with Gasteiger partial charge in [-0.25, -0.2) is 0 Å². The number of para-hydroxylation sites is 1. The summed E-state index contributed by atoms with van der Waals surface area (Å²) in [6.07, 6.45) is 1.66. The summed E-state index contributed by atoms with van der Waals surface area (Å²) in [4.78, 5) is 23.7. The average molecular weight is 402 g/mol. The highest BCUT2D eigenvalue weighted by Gasteiger charge is 2.14. The Balaban J connectivity index is 1.89. The van der Waals surface area contributed by atoms with Gasteiger partial charge in [0, 0.05) is 29.8 Å². The number of nitrogens with one attached hydrogen (secondary N) is 1. The summed E-state index contributed by atoms with van der Waals surface area (Å²) in [5.74, 6) is 0.447. The van der Waals surface area contributed by atoms with Gasteiger partial charge in [0.1, 0.15) is 5.75 Å². The molecule has 0 bridgehead atoms. The van der Waals surface area contributed by atoms with E-state index in [0.29, 0.717) is 24.3 Å². The summed E-state index contributed by atoms with van der Waals surface area (Å²) in [6, 6.07) is 22.9. The first-order valence-electron chi connectivity index (χ1n) is 9.59. The van der Waals surface area contributed by atoms with E-state index >= 15 is 0 Å². The Hall–Kier alpha value is -3.93. The van der Waals surface area contributed by atoms with Crippen molar-refractivity contribution in [3.8, 4) is 5.75 Å². The Bertz CT molecular complexity index is 1060. The lowest BCUT2D eigenvalue weighted by Crippen LogP contribution is -2.24. The van der Waals surface area contributed by atoms with Gasteiger partial charge < -0.3 is 10.1 Å². The molecule has 0 unspecified atom stereocenters. The molecule has 1 amide bonds. The van der Waals surface area contributed by atoms with Gasteiger partial charge in [-0.2, -0.15) is 0 Å². The van der Waals surface area contributed by atoms with Crippen molar-refractivity contribution >= 4 is 23.2 Å². The third-order valence-corrected chi connectivity index (χ3v) is 4.43. The predicted molar refractivity (Wildman–Crippen MR) is 117 cm³/mol. The normalized spacial score (nSPS) is 11.0. The number of hydrogen-bond donors (Lipinski definition) is 1. The quantitative estimate of drug-likeness (QED) is 0.253. The Labute approximate surface area is 175 Å². The van der Waals surface area contributed by atoms with Gasteiger partial charge in [0.05, 0.1) is 11.5 Å². The van der Waals surface area contributed by atoms with Crippen LogP contribution in [0.2, 0.25) is 0 Å². The highest BCUT2D eigenvalue weighted by molar-refractivity contribution is 6.24. The molecule has 152 valence electrons. The van der Waals surface area contributed by atoms with Crippen molar-refractivity contribution in [1.82, 2.24) is 5.32 Å². The molecule has 3 aromatic carbocycles. The van der Waals surface area contributed by atoms with Crippen LogP contribution in [0, 0.1) is 10.1 Å². The van der Waals surface area contributed by atoms with Crippen LogP contribution in [0.4, 0.5) is 5.69 Å². The molecular weight excluding hydrogens is 380 g/mol. The van der Waals surface area contributed by atoms with Crippen LogP contribution in [0.3, 0.4) is 0 Å². The van der Waals surface area contributed by atoms with Crippen molar-refractivity contribution in [1.29, 1.82) is 0 Å². The highest BCUT2D eigenvalue weighted by Crippen LogP contribution is 2.22. The van der Waals surface area contributed by atoms with Crippen molar-refractivity contribution in [2.75, 3.05) is 6.61 Å². The lowest BCUT2D eigenvalue weighted by molar-refractivity contribution is -0.384. The van der Waals surface area contributed by atoms with Gasteiger partial charge in [0.2, 0.25) is 0 Å². The first-order valence-corrected chi connectivity index (χ1v) is 9.59. The molecule has 0 aliphatic heterocycles. The minimum absolute atomic E-state index is 0.0257. The molecule has 0 saturated carbocycles. The van der Waals surface area contributed by atoms with E-state index < -0.39 is 4.92 Å². The number of nitro groups is 1. The zero-order valence-electron chi connectivity index (χ0n) is 16.6. The number of non-ortho nitro benzene ring substituents is 1. The van der Waals surface area contributed by atoms with Gasteiger partial charge in [-0.05, 0) is 30.2 Å². The smallest absolute Gasteiger partial charge is 0.270 e. The Kier molecular flexibility index (Phi) is 6.95. The molecule has 0 spiro atoms. The van der Waals surface area contributed by atoms with Gasteiger partial charge in [0.25, 0.3) is 11.6 Å². The molecule has 0 heterocycles. The summed E-state index contributed by atoms with van der Waals surface area (Å²) < 4.78 is 5.62. The topological polar surface area (TPSA) is 81.5 Å². The molecule has 6 nitrogen and oxygen atoms in total. The number of carbonyl (C=O) groups excluding carboxylic acids is 1. The van der Waals surface area contributed by atoms with E-state index in [2.05, 4.69) is 5.32 Å². The van der Waals surface area contributed by atoms with Gasteiger partial charge >= 0.3 is 0 Å². The van der Waals surface area contributed by atoms with Crippen LogP contribution in [0.25, 0.3) is 11.6 Å². The van der Waals surface area contributed by atoms with Crippen molar-refractivity contribution in [2.24, 2.45) is 0 Å². The lowest BCUT2D eigenvalue weighted by atomic mass is 10.0. The van der Waals surface area contributed by atoms with Crippen molar-refractivity contribution in [3.63, 3.8) is 0 Å². The first kappa shape index (κ1) is 20.8. The number of amides is 1. The maximum absolute atomic E-state index is 13.1.